The highest BCUT2D eigenvalue weighted by Gasteiger charge is 2.27. The second-order valence-corrected chi connectivity index (χ2v) is 7.36. The summed E-state index contributed by atoms with van der Waals surface area (Å²) < 4.78 is 14.7. The Bertz CT molecular complexity index is 951. The van der Waals surface area contributed by atoms with Crippen molar-refractivity contribution in [3.8, 4) is 5.75 Å². The van der Waals surface area contributed by atoms with Crippen molar-refractivity contribution >= 4 is 38.3 Å². The summed E-state index contributed by atoms with van der Waals surface area (Å²) in [6, 6.07) is 11.7. The molecule has 2 N–H and O–H groups in total. The van der Waals surface area contributed by atoms with E-state index in [1.165, 1.54) is 17.4 Å². The van der Waals surface area contributed by atoms with Crippen LogP contribution in [0.5, 0.6) is 5.75 Å². The summed E-state index contributed by atoms with van der Waals surface area (Å²) in [7, 11) is 0. The standard InChI is InChI=1S/C19H18FN3O2S/c20-13-4-3-7-16-17(13)22-19(26-16)23-10-8-12(9-11-23)18(25)21-14-5-1-2-6-15(14)24/h1-7,12,24H,8-11H2,(H,21,25). The molecule has 0 radical (unpaired) electrons. The second-order valence-electron chi connectivity index (χ2n) is 6.35. The molecular weight excluding hydrogens is 353 g/mol. The number of hydrogen-bond donors (Lipinski definition) is 2. The number of rotatable bonds is 3. The highest BCUT2D eigenvalue weighted by molar-refractivity contribution is 7.22. The lowest BCUT2D eigenvalue weighted by molar-refractivity contribution is -0.120. The van der Waals surface area contributed by atoms with Gasteiger partial charge in [-0.05, 0) is 37.1 Å². The maximum absolute atomic E-state index is 13.8. The zero-order valence-corrected chi connectivity index (χ0v) is 14.8. The summed E-state index contributed by atoms with van der Waals surface area (Å²) in [6.07, 6.45) is 1.38. The third-order valence-electron chi connectivity index (χ3n) is 4.66. The predicted molar refractivity (Wildman–Crippen MR) is 101 cm³/mol. The molecule has 1 aliphatic rings. The number of benzene rings is 2. The minimum absolute atomic E-state index is 0.0646. The summed E-state index contributed by atoms with van der Waals surface area (Å²) >= 11 is 1.47. The number of aromatic hydroxyl groups is 1. The maximum atomic E-state index is 13.8. The van der Waals surface area contributed by atoms with Crippen molar-refractivity contribution in [2.24, 2.45) is 5.92 Å². The monoisotopic (exact) mass is 371 g/mol. The smallest absolute Gasteiger partial charge is 0.227 e. The van der Waals surface area contributed by atoms with E-state index in [0.717, 1.165) is 9.83 Å². The molecule has 2 aromatic carbocycles. The molecule has 7 heteroatoms. The maximum Gasteiger partial charge on any atom is 0.227 e. The van der Waals surface area contributed by atoms with Crippen molar-refractivity contribution in [2.75, 3.05) is 23.3 Å². The molecule has 1 fully saturated rings. The number of halogens is 1. The summed E-state index contributed by atoms with van der Waals surface area (Å²) in [6.45, 7) is 1.39. The molecule has 134 valence electrons. The number of aromatic nitrogens is 1. The number of nitrogens with zero attached hydrogens (tertiary/aromatic N) is 2. The van der Waals surface area contributed by atoms with Crippen LogP contribution in [0.2, 0.25) is 0 Å². The Labute approximate surface area is 154 Å². The number of nitrogens with one attached hydrogen (secondary N) is 1. The first-order valence-corrected chi connectivity index (χ1v) is 9.32. The summed E-state index contributed by atoms with van der Waals surface area (Å²) in [5.41, 5.74) is 0.841. The van der Waals surface area contributed by atoms with E-state index in [2.05, 4.69) is 15.2 Å². The molecule has 5 nitrogen and oxygen atoms in total. The van der Waals surface area contributed by atoms with E-state index in [1.54, 1.807) is 30.3 Å². The number of piperidine rings is 1. The number of fused-ring (bicyclic) bond motifs is 1. The molecule has 0 aliphatic carbocycles. The Balaban J connectivity index is 1.41. The molecule has 0 saturated carbocycles. The molecule has 1 aromatic heterocycles. The van der Waals surface area contributed by atoms with Gasteiger partial charge < -0.3 is 15.3 Å². The average molecular weight is 371 g/mol. The molecule has 0 spiro atoms. The van der Waals surface area contributed by atoms with Crippen molar-refractivity contribution < 1.29 is 14.3 Å². The van der Waals surface area contributed by atoms with Crippen LogP contribution in [0, 0.1) is 11.7 Å². The Kier molecular flexibility index (Phi) is 4.46. The van der Waals surface area contributed by atoms with E-state index in [0.29, 0.717) is 37.1 Å². The Morgan fingerprint density at radius 3 is 2.69 bits per heavy atom. The molecule has 1 amide bonds. The zero-order valence-electron chi connectivity index (χ0n) is 14.0. The van der Waals surface area contributed by atoms with Gasteiger partial charge in [-0.3, -0.25) is 4.79 Å². The Morgan fingerprint density at radius 2 is 1.96 bits per heavy atom. The van der Waals surface area contributed by atoms with Crippen molar-refractivity contribution in [2.45, 2.75) is 12.8 Å². The third-order valence-corrected chi connectivity index (χ3v) is 5.74. The molecule has 4 rings (SSSR count). The van der Waals surface area contributed by atoms with Gasteiger partial charge in [0.05, 0.1) is 10.4 Å². The second kappa shape index (κ2) is 6.92. The third kappa shape index (κ3) is 3.22. The predicted octanol–water partition coefficient (Wildman–Crippen LogP) is 4.00. The van der Waals surface area contributed by atoms with Crippen LogP contribution in [-0.2, 0) is 4.79 Å². The first-order chi connectivity index (χ1) is 12.6. The molecule has 0 bridgehead atoms. The Morgan fingerprint density at radius 1 is 1.19 bits per heavy atom. The first-order valence-electron chi connectivity index (χ1n) is 8.50. The lowest BCUT2D eigenvalue weighted by Gasteiger charge is -2.31. The molecule has 3 aromatic rings. The van der Waals surface area contributed by atoms with Crippen LogP contribution in [-0.4, -0.2) is 29.1 Å². The number of phenolic OH excluding ortho intramolecular Hbond substituents is 1. The van der Waals surface area contributed by atoms with Crippen LogP contribution in [0.15, 0.2) is 42.5 Å². The number of carbonyl (C=O) groups is 1. The van der Waals surface area contributed by atoms with E-state index in [1.807, 2.05) is 6.07 Å². The van der Waals surface area contributed by atoms with Crippen molar-refractivity contribution in [3.05, 3.63) is 48.3 Å². The topological polar surface area (TPSA) is 65.5 Å². The molecule has 0 unspecified atom stereocenters. The van der Waals surface area contributed by atoms with Gasteiger partial charge in [-0.25, -0.2) is 9.37 Å². The summed E-state index contributed by atoms with van der Waals surface area (Å²) in [5.74, 6) is -0.435. The van der Waals surface area contributed by atoms with Crippen molar-refractivity contribution in [1.82, 2.24) is 4.98 Å². The van der Waals surface area contributed by atoms with Gasteiger partial charge >= 0.3 is 0 Å². The van der Waals surface area contributed by atoms with E-state index >= 15 is 0 Å². The number of carbonyl (C=O) groups excluding carboxylic acids is 1. The fourth-order valence-electron chi connectivity index (χ4n) is 3.19. The lowest BCUT2D eigenvalue weighted by atomic mass is 9.96. The van der Waals surface area contributed by atoms with E-state index in [-0.39, 0.29) is 23.4 Å². The van der Waals surface area contributed by atoms with Crippen LogP contribution in [0.4, 0.5) is 15.2 Å². The van der Waals surface area contributed by atoms with Gasteiger partial charge in [0.1, 0.15) is 17.1 Å². The average Bonchev–Trinajstić information content (AvgIpc) is 3.09. The molecule has 1 saturated heterocycles. The van der Waals surface area contributed by atoms with Gasteiger partial charge in [-0.15, -0.1) is 0 Å². The van der Waals surface area contributed by atoms with E-state index in [9.17, 15) is 14.3 Å². The fourth-order valence-corrected chi connectivity index (χ4v) is 4.22. The zero-order chi connectivity index (χ0) is 18.1. The van der Waals surface area contributed by atoms with Gasteiger partial charge in [0.15, 0.2) is 5.13 Å². The molecule has 1 aliphatic heterocycles. The van der Waals surface area contributed by atoms with Gasteiger partial charge in [-0.1, -0.05) is 29.5 Å². The van der Waals surface area contributed by atoms with Crippen molar-refractivity contribution in [1.29, 1.82) is 0 Å². The van der Waals surface area contributed by atoms with Crippen LogP contribution in [0.1, 0.15) is 12.8 Å². The highest BCUT2D eigenvalue weighted by atomic mass is 32.1. The molecule has 0 atom stereocenters. The van der Waals surface area contributed by atoms with Gasteiger partial charge in [-0.2, -0.15) is 0 Å². The van der Waals surface area contributed by atoms with Crippen LogP contribution < -0.4 is 10.2 Å². The van der Waals surface area contributed by atoms with Gasteiger partial charge in [0, 0.05) is 19.0 Å². The van der Waals surface area contributed by atoms with E-state index < -0.39 is 0 Å². The Hall–Kier alpha value is -2.67. The van der Waals surface area contributed by atoms with Crippen LogP contribution >= 0.6 is 11.3 Å². The first kappa shape index (κ1) is 16.8. The van der Waals surface area contributed by atoms with Gasteiger partial charge in [0.25, 0.3) is 0 Å². The molecule has 26 heavy (non-hydrogen) atoms. The molecule has 2 heterocycles. The minimum Gasteiger partial charge on any atom is -0.506 e. The largest absolute Gasteiger partial charge is 0.506 e. The lowest BCUT2D eigenvalue weighted by Crippen LogP contribution is -2.38. The van der Waals surface area contributed by atoms with Crippen LogP contribution in [0.3, 0.4) is 0 Å². The highest BCUT2D eigenvalue weighted by Crippen LogP contribution is 2.33. The number of anilines is 2. The normalized spacial score (nSPS) is 15.3. The molecular formula is C19H18FN3O2S. The summed E-state index contributed by atoms with van der Waals surface area (Å²) in [4.78, 5) is 19.0. The quantitative estimate of drug-likeness (QED) is 0.683. The number of thiazole rings is 1. The van der Waals surface area contributed by atoms with Crippen molar-refractivity contribution in [3.63, 3.8) is 0 Å². The SMILES string of the molecule is O=C(Nc1ccccc1O)C1CCN(c2nc3c(F)cccc3s2)CC1. The number of phenols is 1. The number of amides is 1. The summed E-state index contributed by atoms with van der Waals surface area (Å²) in [5, 5.41) is 13.4. The number of para-hydroxylation sites is 3. The fraction of sp³-hybridized carbons (Fsp3) is 0.263. The van der Waals surface area contributed by atoms with Gasteiger partial charge in [0.2, 0.25) is 5.91 Å². The minimum atomic E-state index is -0.304. The van der Waals surface area contributed by atoms with Crippen LogP contribution in [0.25, 0.3) is 10.2 Å². The number of hydrogen-bond acceptors (Lipinski definition) is 5. The van der Waals surface area contributed by atoms with E-state index in [4.69, 9.17) is 0 Å².